The maximum Gasteiger partial charge on any atom is 0.320 e. The summed E-state index contributed by atoms with van der Waals surface area (Å²) in [5.41, 5.74) is 14.5. The number of quaternary nitrogens is 1. The molecule has 10 N–H and O–H groups in total. The highest BCUT2D eigenvalue weighted by molar-refractivity contribution is 5.73. The number of urea groups is 1. The third-order valence-corrected chi connectivity index (χ3v) is 2.08. The lowest BCUT2D eigenvalue weighted by Crippen LogP contribution is -2.36. The summed E-state index contributed by atoms with van der Waals surface area (Å²) < 4.78 is 0.844. The predicted octanol–water partition coefficient (Wildman–Crippen LogP) is -2.10. The topological polar surface area (TPSA) is 211 Å². The highest BCUT2D eigenvalue weighted by Crippen LogP contribution is 1.95. The largest absolute Gasteiger partial charge is 0.870 e. The SMILES string of the molecule is C[N+](C)(C)CCO.NC(Cc1cnc[nH]1)C(=O)O.NC(N)=O.[OH-]. The molecule has 0 radical (unpaired) electrons. The van der Waals surface area contributed by atoms with Crippen molar-refractivity contribution in [2.24, 2.45) is 17.2 Å². The Morgan fingerprint density at radius 3 is 2.04 bits per heavy atom. The number of hydrogen-bond acceptors (Lipinski definition) is 6. The molecule has 0 saturated carbocycles. The molecule has 0 aliphatic rings. The lowest BCUT2D eigenvalue weighted by molar-refractivity contribution is -0.870. The minimum atomic E-state index is -1.00. The van der Waals surface area contributed by atoms with Gasteiger partial charge in [0, 0.05) is 18.3 Å². The van der Waals surface area contributed by atoms with Gasteiger partial charge in [-0.05, 0) is 0 Å². The van der Waals surface area contributed by atoms with Gasteiger partial charge in [-0.25, -0.2) is 9.78 Å². The maximum absolute atomic E-state index is 10.3. The number of nitrogens with zero attached hydrogens (tertiary/aromatic N) is 2. The Bertz CT molecular complexity index is 414. The van der Waals surface area contributed by atoms with Crippen LogP contribution in [0.5, 0.6) is 0 Å². The van der Waals surface area contributed by atoms with Crippen LogP contribution < -0.4 is 17.2 Å². The summed E-state index contributed by atoms with van der Waals surface area (Å²) in [5.74, 6) is -1.00. The van der Waals surface area contributed by atoms with E-state index in [1.54, 1.807) is 6.20 Å². The molecule has 0 saturated heterocycles. The number of nitrogens with one attached hydrogen (secondary N) is 1. The molecule has 0 bridgehead atoms. The number of hydrogen-bond donors (Lipinski definition) is 6. The summed E-state index contributed by atoms with van der Waals surface area (Å²) in [6.45, 7) is 1.11. The van der Waals surface area contributed by atoms with Gasteiger partial charge in [-0.15, -0.1) is 0 Å². The number of aliphatic hydroxyl groups is 1. The van der Waals surface area contributed by atoms with Crippen LogP contribution >= 0.6 is 0 Å². The third kappa shape index (κ3) is 22.2. The number of rotatable bonds is 5. The van der Waals surface area contributed by atoms with E-state index in [1.807, 2.05) is 0 Å². The lowest BCUT2D eigenvalue weighted by Gasteiger charge is -2.21. The van der Waals surface area contributed by atoms with E-state index in [1.165, 1.54) is 6.33 Å². The molecule has 1 unspecified atom stereocenters. The number of carboxylic acid groups (broad SMARTS) is 1. The highest BCUT2D eigenvalue weighted by atomic mass is 16.4. The number of amides is 2. The lowest BCUT2D eigenvalue weighted by atomic mass is 10.2. The molecule has 0 aliphatic carbocycles. The predicted molar refractivity (Wildman–Crippen MR) is 83.6 cm³/mol. The zero-order valence-corrected chi connectivity index (χ0v) is 13.6. The van der Waals surface area contributed by atoms with E-state index in [0.29, 0.717) is 0 Å². The number of likely N-dealkylation sites (N-methyl/N-ethyl adjacent to an activating group) is 1. The van der Waals surface area contributed by atoms with E-state index in [9.17, 15) is 4.79 Å². The summed E-state index contributed by atoms with van der Waals surface area (Å²) in [5, 5.41) is 16.8. The van der Waals surface area contributed by atoms with Crippen molar-refractivity contribution < 1.29 is 29.8 Å². The Hall–Kier alpha value is -2.21. The van der Waals surface area contributed by atoms with Crippen molar-refractivity contribution in [1.29, 1.82) is 0 Å². The third-order valence-electron chi connectivity index (χ3n) is 2.08. The summed E-state index contributed by atoms with van der Waals surface area (Å²) >= 11 is 0. The molecular weight excluding hydrogens is 308 g/mol. The van der Waals surface area contributed by atoms with Crippen LogP contribution in [0.1, 0.15) is 5.69 Å². The summed E-state index contributed by atoms with van der Waals surface area (Å²) in [6, 6.07) is -1.68. The molecule has 11 heteroatoms. The van der Waals surface area contributed by atoms with E-state index in [4.69, 9.17) is 20.7 Å². The van der Waals surface area contributed by atoms with Gasteiger partial charge in [-0.3, -0.25) is 4.79 Å². The number of carbonyl (C=O) groups excluding carboxylic acids is 1. The van der Waals surface area contributed by atoms with Gasteiger partial charge >= 0.3 is 12.0 Å². The number of aromatic nitrogens is 2. The van der Waals surface area contributed by atoms with Crippen molar-refractivity contribution >= 4 is 12.0 Å². The summed E-state index contributed by atoms with van der Waals surface area (Å²) in [7, 11) is 6.16. The molecular formula is C12H28N6O5. The Balaban J connectivity index is -0.000000290. The van der Waals surface area contributed by atoms with Gasteiger partial charge in [0.2, 0.25) is 0 Å². The molecule has 1 rings (SSSR count). The van der Waals surface area contributed by atoms with Crippen molar-refractivity contribution in [1.82, 2.24) is 9.97 Å². The molecule has 1 heterocycles. The number of aliphatic carboxylic acids is 1. The van der Waals surface area contributed by atoms with Gasteiger partial charge in [0.25, 0.3) is 0 Å². The fourth-order valence-electron chi connectivity index (χ4n) is 1.02. The minimum absolute atomic E-state index is 0. The van der Waals surface area contributed by atoms with E-state index in [2.05, 4.69) is 42.6 Å². The van der Waals surface area contributed by atoms with E-state index >= 15 is 0 Å². The van der Waals surface area contributed by atoms with Crippen LogP contribution in [0.4, 0.5) is 4.79 Å². The number of carbonyl (C=O) groups is 2. The van der Waals surface area contributed by atoms with Crippen LogP contribution in [0.3, 0.4) is 0 Å². The van der Waals surface area contributed by atoms with Crippen LogP contribution in [0.2, 0.25) is 0 Å². The number of H-pyrrole nitrogens is 1. The number of imidazole rings is 1. The molecule has 136 valence electrons. The van der Waals surface area contributed by atoms with Crippen molar-refractivity contribution in [3.8, 4) is 0 Å². The van der Waals surface area contributed by atoms with Crippen LogP contribution in [0.25, 0.3) is 0 Å². The Kier molecular flexibility index (Phi) is 15.0. The van der Waals surface area contributed by atoms with Crippen molar-refractivity contribution in [2.45, 2.75) is 12.5 Å². The molecule has 1 aromatic heterocycles. The molecule has 0 aliphatic heterocycles. The van der Waals surface area contributed by atoms with Gasteiger partial charge in [0.1, 0.15) is 12.6 Å². The minimum Gasteiger partial charge on any atom is -0.870 e. The van der Waals surface area contributed by atoms with Crippen molar-refractivity contribution in [3.63, 3.8) is 0 Å². The number of aromatic amines is 1. The number of primary amides is 2. The Labute approximate surface area is 135 Å². The van der Waals surface area contributed by atoms with Gasteiger partial charge in [0.15, 0.2) is 0 Å². The Morgan fingerprint density at radius 2 is 1.83 bits per heavy atom. The smallest absolute Gasteiger partial charge is 0.320 e. The van der Waals surface area contributed by atoms with Crippen LogP contribution in [-0.2, 0) is 11.2 Å². The van der Waals surface area contributed by atoms with Gasteiger partial charge in [-0.1, -0.05) is 0 Å². The van der Waals surface area contributed by atoms with Crippen LogP contribution in [0.15, 0.2) is 12.5 Å². The first-order valence-corrected chi connectivity index (χ1v) is 6.41. The highest BCUT2D eigenvalue weighted by Gasteiger charge is 2.12. The second-order valence-electron chi connectivity index (χ2n) is 5.37. The Morgan fingerprint density at radius 1 is 1.35 bits per heavy atom. The average molecular weight is 336 g/mol. The molecule has 23 heavy (non-hydrogen) atoms. The zero-order chi connectivity index (χ0) is 17.8. The van der Waals surface area contributed by atoms with Gasteiger partial charge < -0.3 is 42.4 Å². The van der Waals surface area contributed by atoms with Crippen LogP contribution in [0, 0.1) is 0 Å². The van der Waals surface area contributed by atoms with Crippen LogP contribution in [-0.4, -0.2) is 82.5 Å². The first-order valence-electron chi connectivity index (χ1n) is 6.41. The second-order valence-corrected chi connectivity index (χ2v) is 5.37. The first kappa shape index (κ1) is 25.7. The standard InChI is InChI=1S/C6H9N3O2.C5H14NO.CH4N2O.H2O/c7-5(6(10)11)1-4-2-8-3-9-4;1-6(2,3)4-5-7;2-1(3)4;/h2-3,5H,1,7H2,(H,8,9)(H,10,11);7H,4-5H2,1-3H3;(H4,2,3,4);1H2/q;+1;;/p-1. The maximum atomic E-state index is 10.3. The molecule has 0 aromatic carbocycles. The monoisotopic (exact) mass is 336 g/mol. The summed E-state index contributed by atoms with van der Waals surface area (Å²) in [4.78, 5) is 25.8. The van der Waals surface area contributed by atoms with Crippen molar-refractivity contribution in [3.05, 3.63) is 18.2 Å². The first-order chi connectivity index (χ1) is 9.99. The number of carboxylic acids is 1. The molecule has 1 aromatic rings. The molecule has 0 fully saturated rings. The van der Waals surface area contributed by atoms with Gasteiger partial charge in [-0.2, -0.15) is 0 Å². The molecule has 11 nitrogen and oxygen atoms in total. The van der Waals surface area contributed by atoms with E-state index in [-0.39, 0.29) is 18.5 Å². The quantitative estimate of drug-likeness (QED) is 0.329. The second kappa shape index (κ2) is 13.5. The number of nitrogens with two attached hydrogens (primary N) is 3. The zero-order valence-electron chi connectivity index (χ0n) is 13.6. The fourth-order valence-corrected chi connectivity index (χ4v) is 1.02. The normalized spacial score (nSPS) is 10.8. The van der Waals surface area contributed by atoms with E-state index < -0.39 is 18.0 Å². The number of aliphatic hydroxyl groups excluding tert-OH is 1. The van der Waals surface area contributed by atoms with E-state index in [0.717, 1.165) is 16.7 Å². The van der Waals surface area contributed by atoms with Gasteiger partial charge in [0.05, 0.1) is 34.1 Å². The summed E-state index contributed by atoms with van der Waals surface area (Å²) in [6.07, 6.45) is 3.34. The molecule has 2 amide bonds. The fraction of sp³-hybridized carbons (Fsp3) is 0.583. The molecule has 0 spiro atoms. The van der Waals surface area contributed by atoms with Crippen molar-refractivity contribution in [2.75, 3.05) is 34.3 Å². The molecule has 1 atom stereocenters. The average Bonchev–Trinajstić information content (AvgIpc) is 2.80.